The summed E-state index contributed by atoms with van der Waals surface area (Å²) in [6.07, 6.45) is 2.74. The molecule has 0 aliphatic carbocycles. The van der Waals surface area contributed by atoms with Gasteiger partial charge in [0.1, 0.15) is 18.3 Å². The number of unbranched alkanes of at least 4 members (excludes halogenated alkanes) is 1. The summed E-state index contributed by atoms with van der Waals surface area (Å²) in [4.78, 5) is 0. The van der Waals surface area contributed by atoms with Crippen LogP contribution in [0.2, 0.25) is 0 Å². The average Bonchev–Trinajstić information content (AvgIpc) is 2.32. The largest absolute Gasteiger partial charge is 0.388 e. The van der Waals surface area contributed by atoms with Gasteiger partial charge in [0.05, 0.1) is 19.8 Å². The molecule has 1 rings (SSSR count). The van der Waals surface area contributed by atoms with Crippen molar-refractivity contribution in [2.24, 2.45) is 5.92 Å². The van der Waals surface area contributed by atoms with Crippen LogP contribution in [0.4, 0.5) is 0 Å². The van der Waals surface area contributed by atoms with E-state index in [4.69, 9.17) is 9.47 Å². The van der Waals surface area contributed by atoms with Gasteiger partial charge in [-0.3, -0.25) is 0 Å². The molecule has 0 aromatic rings. The third kappa shape index (κ3) is 4.92. The highest BCUT2D eigenvalue weighted by Crippen LogP contribution is 2.18. The average molecular weight is 246 g/mol. The van der Waals surface area contributed by atoms with Crippen LogP contribution in [0.3, 0.4) is 0 Å². The van der Waals surface area contributed by atoms with Crippen molar-refractivity contribution in [2.75, 3.05) is 19.8 Å². The van der Waals surface area contributed by atoms with Crippen molar-refractivity contribution in [1.82, 2.24) is 0 Å². The molecule has 0 aromatic heterocycles. The third-order valence-corrected chi connectivity index (χ3v) is 3.40. The molecule has 1 heterocycles. The second kappa shape index (κ2) is 8.03. The minimum atomic E-state index is -0.706. The number of rotatable bonds is 7. The van der Waals surface area contributed by atoms with Crippen LogP contribution in [-0.2, 0) is 9.47 Å². The summed E-state index contributed by atoms with van der Waals surface area (Å²) in [5.74, 6) is 0.525. The Hall–Kier alpha value is -0.160. The summed E-state index contributed by atoms with van der Waals surface area (Å²) < 4.78 is 10.7. The lowest BCUT2D eigenvalue weighted by Gasteiger charge is -2.33. The molecule has 1 saturated heterocycles. The molecule has 0 saturated carbocycles. The number of aliphatic hydroxyl groups is 2. The highest BCUT2D eigenvalue weighted by atomic mass is 16.5. The van der Waals surface area contributed by atoms with Crippen LogP contribution < -0.4 is 0 Å². The zero-order chi connectivity index (χ0) is 12.7. The zero-order valence-corrected chi connectivity index (χ0v) is 11.0. The Labute approximate surface area is 104 Å². The van der Waals surface area contributed by atoms with E-state index in [2.05, 4.69) is 13.8 Å². The number of hydrogen-bond acceptors (Lipinski definition) is 4. The minimum Gasteiger partial charge on any atom is -0.388 e. The Bertz CT molecular complexity index is 188. The monoisotopic (exact) mass is 246 g/mol. The van der Waals surface area contributed by atoms with Gasteiger partial charge in [0.15, 0.2) is 0 Å². The van der Waals surface area contributed by atoms with Gasteiger partial charge in [0.2, 0.25) is 0 Å². The number of aliphatic hydroxyl groups excluding tert-OH is 2. The molecule has 0 bridgehead atoms. The standard InChI is InChI=1S/C13H26O4/c1-3-5-6-10(4-2)7-17-13-11(14)8-16-9-12(13)15/h10-15H,3-9H2,1-2H3/t10?,11-,12+,13+. The lowest BCUT2D eigenvalue weighted by atomic mass is 10.00. The van der Waals surface area contributed by atoms with Crippen LogP contribution in [0, 0.1) is 5.92 Å². The van der Waals surface area contributed by atoms with Gasteiger partial charge in [-0.2, -0.15) is 0 Å². The van der Waals surface area contributed by atoms with Gasteiger partial charge >= 0.3 is 0 Å². The topological polar surface area (TPSA) is 58.9 Å². The van der Waals surface area contributed by atoms with E-state index in [0.29, 0.717) is 12.5 Å². The van der Waals surface area contributed by atoms with E-state index in [1.165, 1.54) is 12.8 Å². The molecular weight excluding hydrogens is 220 g/mol. The molecular formula is C13H26O4. The Morgan fingerprint density at radius 2 is 1.88 bits per heavy atom. The van der Waals surface area contributed by atoms with Crippen LogP contribution in [-0.4, -0.2) is 48.3 Å². The van der Waals surface area contributed by atoms with E-state index in [1.54, 1.807) is 0 Å². The van der Waals surface area contributed by atoms with Gasteiger partial charge in [-0.15, -0.1) is 0 Å². The molecule has 4 atom stereocenters. The summed E-state index contributed by atoms with van der Waals surface area (Å²) in [7, 11) is 0. The lowest BCUT2D eigenvalue weighted by Crippen LogP contribution is -2.49. The molecule has 102 valence electrons. The highest BCUT2D eigenvalue weighted by Gasteiger charge is 2.32. The summed E-state index contributed by atoms with van der Waals surface area (Å²) in [5, 5.41) is 19.4. The van der Waals surface area contributed by atoms with E-state index in [-0.39, 0.29) is 13.2 Å². The van der Waals surface area contributed by atoms with Crippen LogP contribution in [0.1, 0.15) is 39.5 Å². The van der Waals surface area contributed by atoms with E-state index in [9.17, 15) is 10.2 Å². The van der Waals surface area contributed by atoms with Gasteiger partial charge in [0.25, 0.3) is 0 Å². The predicted octanol–water partition coefficient (Wildman–Crippen LogP) is 1.34. The maximum Gasteiger partial charge on any atom is 0.114 e. The van der Waals surface area contributed by atoms with E-state index >= 15 is 0 Å². The molecule has 2 N–H and O–H groups in total. The fourth-order valence-electron chi connectivity index (χ4n) is 2.12. The van der Waals surface area contributed by atoms with Crippen molar-refractivity contribution in [3.63, 3.8) is 0 Å². The fraction of sp³-hybridized carbons (Fsp3) is 1.00. The Morgan fingerprint density at radius 3 is 2.41 bits per heavy atom. The first-order valence-electron chi connectivity index (χ1n) is 6.74. The van der Waals surface area contributed by atoms with E-state index in [0.717, 1.165) is 12.8 Å². The predicted molar refractivity (Wildman–Crippen MR) is 65.9 cm³/mol. The first-order chi connectivity index (χ1) is 8.19. The molecule has 4 heteroatoms. The summed E-state index contributed by atoms with van der Waals surface area (Å²) in [6, 6.07) is 0. The van der Waals surface area contributed by atoms with Gasteiger partial charge < -0.3 is 19.7 Å². The minimum absolute atomic E-state index is 0.257. The van der Waals surface area contributed by atoms with Crippen molar-refractivity contribution in [1.29, 1.82) is 0 Å². The first kappa shape index (κ1) is 14.9. The van der Waals surface area contributed by atoms with Crippen molar-refractivity contribution in [3.05, 3.63) is 0 Å². The molecule has 0 aromatic carbocycles. The zero-order valence-electron chi connectivity index (χ0n) is 11.0. The molecule has 1 aliphatic heterocycles. The fourth-order valence-corrected chi connectivity index (χ4v) is 2.12. The Kier molecular flexibility index (Phi) is 7.04. The summed E-state index contributed by atoms with van der Waals surface area (Å²) in [5.41, 5.74) is 0. The molecule has 0 radical (unpaired) electrons. The quantitative estimate of drug-likeness (QED) is 0.711. The Morgan fingerprint density at radius 1 is 1.24 bits per heavy atom. The van der Waals surface area contributed by atoms with Gasteiger partial charge in [-0.05, 0) is 12.3 Å². The van der Waals surface area contributed by atoms with Gasteiger partial charge in [0, 0.05) is 0 Å². The van der Waals surface area contributed by atoms with Crippen molar-refractivity contribution in [2.45, 2.75) is 57.8 Å². The molecule has 1 fully saturated rings. The maximum absolute atomic E-state index is 9.69. The second-order valence-electron chi connectivity index (χ2n) is 4.89. The third-order valence-electron chi connectivity index (χ3n) is 3.40. The van der Waals surface area contributed by atoms with Crippen molar-refractivity contribution < 1.29 is 19.7 Å². The highest BCUT2D eigenvalue weighted by molar-refractivity contribution is 4.81. The number of hydrogen-bond donors (Lipinski definition) is 2. The van der Waals surface area contributed by atoms with Gasteiger partial charge in [-0.25, -0.2) is 0 Å². The smallest absolute Gasteiger partial charge is 0.114 e. The van der Waals surface area contributed by atoms with Crippen LogP contribution in [0.5, 0.6) is 0 Å². The maximum atomic E-state index is 9.69. The normalized spacial score (nSPS) is 31.4. The molecule has 1 aliphatic rings. The molecule has 0 amide bonds. The molecule has 0 spiro atoms. The molecule has 1 unspecified atom stereocenters. The van der Waals surface area contributed by atoms with E-state index in [1.807, 2.05) is 0 Å². The van der Waals surface area contributed by atoms with Crippen molar-refractivity contribution >= 4 is 0 Å². The van der Waals surface area contributed by atoms with Crippen molar-refractivity contribution in [3.8, 4) is 0 Å². The van der Waals surface area contributed by atoms with E-state index < -0.39 is 18.3 Å². The Balaban J connectivity index is 2.31. The van der Waals surface area contributed by atoms with Crippen LogP contribution >= 0.6 is 0 Å². The van der Waals surface area contributed by atoms with Crippen LogP contribution in [0.15, 0.2) is 0 Å². The second-order valence-corrected chi connectivity index (χ2v) is 4.89. The SMILES string of the molecule is CCCCC(CC)CO[C@H]1[C@H](O)COC[C@@H]1O. The molecule has 17 heavy (non-hydrogen) atoms. The van der Waals surface area contributed by atoms with Crippen LogP contribution in [0.25, 0.3) is 0 Å². The molecule has 4 nitrogen and oxygen atoms in total. The summed E-state index contributed by atoms with van der Waals surface area (Å²) >= 11 is 0. The lowest BCUT2D eigenvalue weighted by molar-refractivity contribution is -0.176. The summed E-state index contributed by atoms with van der Waals surface area (Å²) in [6.45, 7) is 5.47. The van der Waals surface area contributed by atoms with Gasteiger partial charge in [-0.1, -0.05) is 33.1 Å². The number of ether oxygens (including phenoxy) is 2. The first-order valence-corrected chi connectivity index (χ1v) is 6.74.